The number of benzene rings is 2. The lowest BCUT2D eigenvalue weighted by atomic mass is 10.0. The van der Waals surface area contributed by atoms with Crippen LogP contribution in [-0.2, 0) is 16.1 Å². The van der Waals surface area contributed by atoms with Crippen LogP contribution in [0.1, 0.15) is 44.2 Å². The highest BCUT2D eigenvalue weighted by atomic mass is 16.5. The van der Waals surface area contributed by atoms with E-state index in [9.17, 15) is 9.59 Å². The third kappa shape index (κ3) is 5.84. The van der Waals surface area contributed by atoms with E-state index in [1.807, 2.05) is 61.5 Å². The minimum Gasteiger partial charge on any atom is -0.484 e. The molecule has 0 unspecified atom stereocenters. The summed E-state index contributed by atoms with van der Waals surface area (Å²) in [6.45, 7) is 6.41. The number of nitrogens with one attached hydrogen (secondary N) is 1. The first-order chi connectivity index (χ1) is 13.5. The fraction of sp³-hybridized carbons (Fsp3) is 0.391. The first kappa shape index (κ1) is 21.5. The summed E-state index contributed by atoms with van der Waals surface area (Å²) in [5, 5.41) is 2.65. The zero-order valence-corrected chi connectivity index (χ0v) is 17.1. The Morgan fingerprint density at radius 3 is 2.21 bits per heavy atom. The third-order valence-electron chi connectivity index (χ3n) is 4.74. The molecule has 2 rings (SSSR count). The molecule has 0 spiro atoms. The average Bonchev–Trinajstić information content (AvgIpc) is 2.72. The standard InChI is InChI=1S/C23H30N2O3/c1-5-21(23(27)24-4)25(15-18-9-7-6-8-10-18)22(26)16-28-20-13-11-19(12-14-20)17(2)3/h6-14,17,21H,5,15-16H2,1-4H3,(H,24,27)/t21-/m0/s1. The van der Waals surface area contributed by atoms with Crippen molar-refractivity contribution in [1.29, 1.82) is 0 Å². The highest BCUT2D eigenvalue weighted by molar-refractivity contribution is 5.88. The predicted molar refractivity (Wildman–Crippen MR) is 111 cm³/mol. The number of carbonyl (C=O) groups is 2. The average molecular weight is 383 g/mol. The largest absolute Gasteiger partial charge is 0.484 e. The molecule has 5 nitrogen and oxygen atoms in total. The molecular formula is C23H30N2O3. The Morgan fingerprint density at radius 2 is 1.68 bits per heavy atom. The number of hydrogen-bond donors (Lipinski definition) is 1. The van der Waals surface area contributed by atoms with Crippen LogP contribution in [-0.4, -0.2) is 36.4 Å². The fourth-order valence-electron chi connectivity index (χ4n) is 3.04. The molecule has 1 N–H and O–H groups in total. The van der Waals surface area contributed by atoms with Gasteiger partial charge in [0, 0.05) is 13.6 Å². The van der Waals surface area contributed by atoms with E-state index in [1.165, 1.54) is 5.56 Å². The molecule has 0 radical (unpaired) electrons. The zero-order valence-electron chi connectivity index (χ0n) is 17.1. The number of hydrogen-bond acceptors (Lipinski definition) is 3. The van der Waals surface area contributed by atoms with Crippen molar-refractivity contribution in [3.05, 3.63) is 65.7 Å². The van der Waals surface area contributed by atoms with Crippen LogP contribution in [0.5, 0.6) is 5.75 Å². The first-order valence-corrected chi connectivity index (χ1v) is 9.74. The minimum atomic E-state index is -0.537. The number of rotatable bonds is 9. The zero-order chi connectivity index (χ0) is 20.5. The molecule has 1 atom stereocenters. The Bertz CT molecular complexity index is 757. The summed E-state index contributed by atoms with van der Waals surface area (Å²) in [7, 11) is 1.59. The van der Waals surface area contributed by atoms with Crippen LogP contribution < -0.4 is 10.1 Å². The number of nitrogens with zero attached hydrogens (tertiary/aromatic N) is 1. The lowest BCUT2D eigenvalue weighted by Crippen LogP contribution is -2.49. The van der Waals surface area contributed by atoms with Gasteiger partial charge < -0.3 is 15.0 Å². The third-order valence-corrected chi connectivity index (χ3v) is 4.74. The molecule has 2 aromatic carbocycles. The van der Waals surface area contributed by atoms with E-state index < -0.39 is 6.04 Å². The second kappa shape index (κ2) is 10.5. The van der Waals surface area contributed by atoms with Gasteiger partial charge in [-0.2, -0.15) is 0 Å². The van der Waals surface area contributed by atoms with Gasteiger partial charge in [0.05, 0.1) is 0 Å². The van der Waals surface area contributed by atoms with Gasteiger partial charge in [0.1, 0.15) is 11.8 Å². The second-order valence-corrected chi connectivity index (χ2v) is 7.06. The molecule has 2 aromatic rings. The Kier molecular flexibility index (Phi) is 8.05. The van der Waals surface area contributed by atoms with Gasteiger partial charge in [-0.1, -0.05) is 63.2 Å². The van der Waals surface area contributed by atoms with Crippen molar-refractivity contribution in [3.8, 4) is 5.75 Å². The van der Waals surface area contributed by atoms with Crippen LogP contribution in [0.15, 0.2) is 54.6 Å². The van der Waals surface area contributed by atoms with Gasteiger partial charge in [-0.25, -0.2) is 0 Å². The summed E-state index contributed by atoms with van der Waals surface area (Å²) in [6.07, 6.45) is 0.529. The lowest BCUT2D eigenvalue weighted by molar-refractivity contribution is -0.142. The molecule has 28 heavy (non-hydrogen) atoms. The number of ether oxygens (including phenoxy) is 1. The van der Waals surface area contributed by atoms with Crippen LogP contribution >= 0.6 is 0 Å². The van der Waals surface area contributed by atoms with Crippen molar-refractivity contribution >= 4 is 11.8 Å². The minimum absolute atomic E-state index is 0.110. The van der Waals surface area contributed by atoms with Gasteiger partial charge in [0.2, 0.25) is 5.91 Å². The first-order valence-electron chi connectivity index (χ1n) is 9.74. The van der Waals surface area contributed by atoms with Crippen LogP contribution in [0.3, 0.4) is 0 Å². The summed E-state index contributed by atoms with van der Waals surface area (Å²) in [5.41, 5.74) is 2.19. The molecule has 150 valence electrons. The smallest absolute Gasteiger partial charge is 0.261 e. The van der Waals surface area contributed by atoms with Crippen LogP contribution in [0.4, 0.5) is 0 Å². The summed E-state index contributed by atoms with van der Waals surface area (Å²) in [6, 6.07) is 16.9. The van der Waals surface area contributed by atoms with Gasteiger partial charge >= 0.3 is 0 Å². The SMILES string of the molecule is CC[C@@H](C(=O)NC)N(Cc1ccccc1)C(=O)COc1ccc(C(C)C)cc1. The van der Waals surface area contributed by atoms with Crippen molar-refractivity contribution in [2.75, 3.05) is 13.7 Å². The normalized spacial score (nSPS) is 11.8. The fourth-order valence-corrected chi connectivity index (χ4v) is 3.04. The Hall–Kier alpha value is -2.82. The van der Waals surface area contributed by atoms with E-state index in [0.717, 1.165) is 5.56 Å². The quantitative estimate of drug-likeness (QED) is 0.719. The van der Waals surface area contributed by atoms with Crippen molar-refractivity contribution < 1.29 is 14.3 Å². The Balaban J connectivity index is 2.12. The van der Waals surface area contributed by atoms with Crippen molar-refractivity contribution in [2.24, 2.45) is 0 Å². The van der Waals surface area contributed by atoms with Crippen molar-refractivity contribution in [1.82, 2.24) is 10.2 Å². The molecule has 5 heteroatoms. The molecule has 0 aliphatic heterocycles. The van der Waals surface area contributed by atoms with E-state index in [-0.39, 0.29) is 18.4 Å². The molecule has 0 fully saturated rings. The number of amides is 2. The van der Waals surface area contributed by atoms with E-state index in [1.54, 1.807) is 11.9 Å². The van der Waals surface area contributed by atoms with Gasteiger partial charge in [-0.05, 0) is 35.6 Å². The molecule has 2 amide bonds. The van der Waals surface area contributed by atoms with E-state index in [0.29, 0.717) is 24.6 Å². The maximum absolute atomic E-state index is 12.9. The van der Waals surface area contributed by atoms with Crippen molar-refractivity contribution in [2.45, 2.75) is 45.7 Å². The summed E-state index contributed by atoms with van der Waals surface area (Å²) < 4.78 is 5.71. The predicted octanol–water partition coefficient (Wildman–Crippen LogP) is 3.74. The number of carbonyl (C=O) groups excluding carboxylic acids is 2. The van der Waals surface area contributed by atoms with E-state index in [2.05, 4.69) is 19.2 Å². The van der Waals surface area contributed by atoms with Gasteiger partial charge in [-0.15, -0.1) is 0 Å². The molecule has 0 aromatic heterocycles. The molecule has 0 bridgehead atoms. The summed E-state index contributed by atoms with van der Waals surface area (Å²) >= 11 is 0. The highest BCUT2D eigenvalue weighted by Crippen LogP contribution is 2.19. The van der Waals surface area contributed by atoms with Gasteiger partial charge in [-0.3, -0.25) is 9.59 Å². The van der Waals surface area contributed by atoms with Gasteiger partial charge in [0.15, 0.2) is 6.61 Å². The Labute approximate surface area is 167 Å². The molecule has 0 saturated carbocycles. The monoisotopic (exact) mass is 382 g/mol. The summed E-state index contributed by atoms with van der Waals surface area (Å²) in [5.74, 6) is 0.695. The highest BCUT2D eigenvalue weighted by Gasteiger charge is 2.28. The topological polar surface area (TPSA) is 58.6 Å². The molecular weight excluding hydrogens is 352 g/mol. The maximum Gasteiger partial charge on any atom is 0.261 e. The van der Waals surface area contributed by atoms with Gasteiger partial charge in [0.25, 0.3) is 5.91 Å². The number of likely N-dealkylation sites (N-methyl/N-ethyl adjacent to an activating group) is 1. The van der Waals surface area contributed by atoms with E-state index in [4.69, 9.17) is 4.74 Å². The maximum atomic E-state index is 12.9. The molecule has 0 aliphatic rings. The molecule has 0 aliphatic carbocycles. The lowest BCUT2D eigenvalue weighted by Gasteiger charge is -2.30. The summed E-state index contributed by atoms with van der Waals surface area (Å²) in [4.78, 5) is 26.8. The van der Waals surface area contributed by atoms with Crippen LogP contribution in [0.25, 0.3) is 0 Å². The Morgan fingerprint density at radius 1 is 1.04 bits per heavy atom. The van der Waals surface area contributed by atoms with Crippen LogP contribution in [0, 0.1) is 0 Å². The van der Waals surface area contributed by atoms with Crippen molar-refractivity contribution in [3.63, 3.8) is 0 Å². The van der Waals surface area contributed by atoms with E-state index >= 15 is 0 Å². The second-order valence-electron chi connectivity index (χ2n) is 7.06. The van der Waals surface area contributed by atoms with Crippen LogP contribution in [0.2, 0.25) is 0 Å². The molecule has 0 saturated heterocycles. The molecule has 0 heterocycles.